The van der Waals surface area contributed by atoms with Gasteiger partial charge in [0.1, 0.15) is 24.4 Å². The van der Waals surface area contributed by atoms with Gasteiger partial charge in [-0.3, -0.25) is 4.90 Å². The Hall–Kier alpha value is -1.29. The van der Waals surface area contributed by atoms with Gasteiger partial charge in [-0.25, -0.2) is 4.98 Å². The summed E-state index contributed by atoms with van der Waals surface area (Å²) in [5.41, 5.74) is 0.884. The van der Waals surface area contributed by atoms with E-state index in [4.69, 9.17) is 9.47 Å². The van der Waals surface area contributed by atoms with E-state index in [1.807, 2.05) is 19.2 Å². The van der Waals surface area contributed by atoms with Crippen LogP contribution in [-0.2, 0) is 4.74 Å². The highest BCUT2D eigenvalue weighted by atomic mass is 16.7. The topological polar surface area (TPSA) is 116 Å². The Labute approximate surface area is 140 Å². The number of likely N-dealkylation sites (tertiary alicyclic amines) is 1. The van der Waals surface area contributed by atoms with Crippen molar-refractivity contribution in [3.63, 3.8) is 0 Å². The molecule has 0 radical (unpaired) electrons. The van der Waals surface area contributed by atoms with Crippen molar-refractivity contribution in [1.29, 1.82) is 0 Å². The molecule has 0 spiro atoms. The predicted molar refractivity (Wildman–Crippen MR) is 83.2 cm³/mol. The van der Waals surface area contributed by atoms with Crippen molar-refractivity contribution in [2.75, 3.05) is 20.2 Å². The SMILES string of the molecule is CN1CCCC1c1cccnc1O[C@H]1O[C@H](CO)[C@H](O)[C@H](O)[C@H]1O. The Bertz CT molecular complexity index is 557. The Morgan fingerprint density at radius 1 is 1.29 bits per heavy atom. The summed E-state index contributed by atoms with van der Waals surface area (Å²) in [6.07, 6.45) is -2.91. The minimum absolute atomic E-state index is 0.165. The number of aromatic nitrogens is 1. The fourth-order valence-corrected chi connectivity index (χ4v) is 3.33. The molecule has 3 rings (SSSR count). The molecule has 0 aromatic carbocycles. The van der Waals surface area contributed by atoms with Crippen LogP contribution in [0.1, 0.15) is 24.4 Å². The van der Waals surface area contributed by atoms with Gasteiger partial charge in [0.15, 0.2) is 0 Å². The van der Waals surface area contributed by atoms with Crippen molar-refractivity contribution in [2.45, 2.75) is 49.6 Å². The van der Waals surface area contributed by atoms with E-state index in [0.29, 0.717) is 5.88 Å². The number of aliphatic hydroxyl groups excluding tert-OH is 4. The van der Waals surface area contributed by atoms with Crippen LogP contribution in [-0.4, -0.2) is 81.2 Å². The standard InChI is InChI=1S/C16H24N2O6/c1-18-7-3-5-10(18)9-4-2-6-17-15(9)24-16-14(22)13(21)12(20)11(8-19)23-16/h2,4,6,10-14,16,19-22H,3,5,7-8H2,1H3/t10?,11-,12+,13+,14-,16-/m1/s1. The third-order valence-electron chi connectivity index (χ3n) is 4.76. The van der Waals surface area contributed by atoms with Crippen LogP contribution in [0.25, 0.3) is 0 Å². The maximum absolute atomic E-state index is 10.1. The third-order valence-corrected chi connectivity index (χ3v) is 4.76. The van der Waals surface area contributed by atoms with E-state index in [2.05, 4.69) is 9.88 Å². The van der Waals surface area contributed by atoms with Gasteiger partial charge in [-0.1, -0.05) is 6.07 Å². The number of pyridine rings is 1. The second-order valence-corrected chi connectivity index (χ2v) is 6.35. The van der Waals surface area contributed by atoms with E-state index in [9.17, 15) is 20.4 Å². The molecule has 2 fully saturated rings. The van der Waals surface area contributed by atoms with Gasteiger partial charge in [-0.15, -0.1) is 0 Å². The van der Waals surface area contributed by atoms with Crippen molar-refractivity contribution in [1.82, 2.24) is 9.88 Å². The highest BCUT2D eigenvalue weighted by molar-refractivity contribution is 5.30. The first-order chi connectivity index (χ1) is 11.5. The molecule has 3 heterocycles. The molecule has 0 bridgehead atoms. The molecule has 2 aliphatic heterocycles. The molecule has 1 aromatic heterocycles. The highest BCUT2D eigenvalue weighted by Crippen LogP contribution is 2.35. The molecule has 8 nitrogen and oxygen atoms in total. The van der Waals surface area contributed by atoms with Crippen LogP contribution in [0, 0.1) is 0 Å². The number of ether oxygens (including phenoxy) is 2. The molecule has 0 amide bonds. The highest BCUT2D eigenvalue weighted by Gasteiger charge is 2.45. The van der Waals surface area contributed by atoms with Gasteiger partial charge < -0.3 is 29.9 Å². The molecule has 1 unspecified atom stereocenters. The van der Waals surface area contributed by atoms with Crippen LogP contribution in [0.5, 0.6) is 5.88 Å². The summed E-state index contributed by atoms with van der Waals surface area (Å²) in [7, 11) is 2.03. The zero-order valence-corrected chi connectivity index (χ0v) is 13.5. The lowest BCUT2D eigenvalue weighted by atomic mass is 9.99. The first-order valence-corrected chi connectivity index (χ1v) is 8.15. The molecule has 0 saturated carbocycles. The number of aliphatic hydroxyl groups is 4. The van der Waals surface area contributed by atoms with Crippen LogP contribution >= 0.6 is 0 Å². The Balaban J connectivity index is 1.80. The van der Waals surface area contributed by atoms with Crippen molar-refractivity contribution in [3.05, 3.63) is 23.9 Å². The van der Waals surface area contributed by atoms with Crippen LogP contribution in [0.3, 0.4) is 0 Å². The number of rotatable bonds is 4. The lowest BCUT2D eigenvalue weighted by molar-refractivity contribution is -0.278. The maximum Gasteiger partial charge on any atom is 0.231 e. The van der Waals surface area contributed by atoms with Crippen molar-refractivity contribution < 1.29 is 29.9 Å². The van der Waals surface area contributed by atoms with Gasteiger partial charge in [0, 0.05) is 17.8 Å². The average molecular weight is 340 g/mol. The number of nitrogens with zero attached hydrogens (tertiary/aromatic N) is 2. The fourth-order valence-electron chi connectivity index (χ4n) is 3.33. The van der Waals surface area contributed by atoms with E-state index in [0.717, 1.165) is 24.9 Å². The van der Waals surface area contributed by atoms with Gasteiger partial charge in [-0.05, 0) is 32.5 Å². The van der Waals surface area contributed by atoms with Gasteiger partial charge in [0.25, 0.3) is 0 Å². The van der Waals surface area contributed by atoms with Crippen LogP contribution in [0.4, 0.5) is 0 Å². The number of hydrogen-bond acceptors (Lipinski definition) is 8. The molecule has 8 heteroatoms. The lowest BCUT2D eigenvalue weighted by Gasteiger charge is -2.39. The first kappa shape index (κ1) is 17.5. The summed E-state index contributed by atoms with van der Waals surface area (Å²) in [4.78, 5) is 6.44. The zero-order chi connectivity index (χ0) is 17.3. The largest absolute Gasteiger partial charge is 0.445 e. The third kappa shape index (κ3) is 3.26. The molecular formula is C16H24N2O6. The quantitative estimate of drug-likeness (QED) is 0.553. The minimum Gasteiger partial charge on any atom is -0.445 e. The smallest absolute Gasteiger partial charge is 0.231 e. The van der Waals surface area contributed by atoms with Crippen molar-refractivity contribution in [2.24, 2.45) is 0 Å². The van der Waals surface area contributed by atoms with E-state index >= 15 is 0 Å². The Morgan fingerprint density at radius 2 is 2.08 bits per heavy atom. The normalized spacial score (nSPS) is 37.5. The Morgan fingerprint density at radius 3 is 2.75 bits per heavy atom. The van der Waals surface area contributed by atoms with E-state index in [1.165, 1.54) is 0 Å². The van der Waals surface area contributed by atoms with E-state index < -0.39 is 37.3 Å². The summed E-state index contributed by atoms with van der Waals surface area (Å²) in [5.74, 6) is 0.320. The minimum atomic E-state index is -1.47. The van der Waals surface area contributed by atoms with Gasteiger partial charge >= 0.3 is 0 Å². The van der Waals surface area contributed by atoms with Crippen molar-refractivity contribution >= 4 is 0 Å². The molecular weight excluding hydrogens is 316 g/mol. The average Bonchev–Trinajstić information content (AvgIpc) is 3.01. The molecule has 0 aliphatic carbocycles. The van der Waals surface area contributed by atoms with Crippen LogP contribution in [0.2, 0.25) is 0 Å². The molecule has 134 valence electrons. The van der Waals surface area contributed by atoms with Gasteiger partial charge in [0.2, 0.25) is 12.2 Å². The molecule has 2 aliphatic rings. The maximum atomic E-state index is 10.1. The second kappa shape index (κ2) is 7.30. The number of hydrogen-bond donors (Lipinski definition) is 4. The predicted octanol–water partition coefficient (Wildman–Crippen LogP) is -0.973. The van der Waals surface area contributed by atoms with E-state index in [1.54, 1.807) is 6.20 Å². The van der Waals surface area contributed by atoms with Crippen molar-refractivity contribution in [3.8, 4) is 5.88 Å². The monoisotopic (exact) mass is 340 g/mol. The Kier molecular flexibility index (Phi) is 5.33. The fraction of sp³-hybridized carbons (Fsp3) is 0.688. The molecule has 24 heavy (non-hydrogen) atoms. The molecule has 2 saturated heterocycles. The first-order valence-electron chi connectivity index (χ1n) is 8.15. The molecule has 1 aromatic rings. The second-order valence-electron chi connectivity index (χ2n) is 6.35. The van der Waals surface area contributed by atoms with Crippen LogP contribution < -0.4 is 4.74 Å². The summed E-state index contributed by atoms with van der Waals surface area (Å²) in [6.45, 7) is 0.490. The zero-order valence-electron chi connectivity index (χ0n) is 13.5. The molecule has 4 N–H and O–H groups in total. The summed E-state index contributed by atoms with van der Waals surface area (Å²) in [6, 6.07) is 3.90. The van der Waals surface area contributed by atoms with Crippen LogP contribution in [0.15, 0.2) is 18.3 Å². The van der Waals surface area contributed by atoms with Gasteiger partial charge in [0.05, 0.1) is 6.61 Å². The van der Waals surface area contributed by atoms with Gasteiger partial charge in [-0.2, -0.15) is 0 Å². The lowest BCUT2D eigenvalue weighted by Crippen LogP contribution is -2.60. The summed E-state index contributed by atoms with van der Waals surface area (Å²) < 4.78 is 11.1. The summed E-state index contributed by atoms with van der Waals surface area (Å²) in [5, 5.41) is 39.1. The summed E-state index contributed by atoms with van der Waals surface area (Å²) >= 11 is 0. The van der Waals surface area contributed by atoms with E-state index in [-0.39, 0.29) is 6.04 Å². The molecule has 6 atom stereocenters.